The predicted molar refractivity (Wildman–Crippen MR) is 111 cm³/mol. The Hall–Kier alpha value is -3.47. The summed E-state index contributed by atoms with van der Waals surface area (Å²) in [6.45, 7) is 2.30. The maximum absolute atomic E-state index is 12.3. The molecule has 2 N–H and O–H groups in total. The maximum Gasteiger partial charge on any atom is 0.242 e. The summed E-state index contributed by atoms with van der Waals surface area (Å²) in [7, 11) is 1.63. The first-order valence-electron chi connectivity index (χ1n) is 9.14. The summed E-state index contributed by atoms with van der Waals surface area (Å²) < 4.78 is 10.9. The molecule has 1 amide bonds. The van der Waals surface area contributed by atoms with Gasteiger partial charge in [0.15, 0.2) is 0 Å². The lowest BCUT2D eigenvalue weighted by Gasteiger charge is -2.16. The van der Waals surface area contributed by atoms with E-state index in [0.29, 0.717) is 6.54 Å². The Kier molecular flexibility index (Phi) is 6.52. The van der Waals surface area contributed by atoms with Crippen molar-refractivity contribution in [3.8, 4) is 17.2 Å². The molecule has 0 radical (unpaired) electrons. The first-order chi connectivity index (χ1) is 13.6. The van der Waals surface area contributed by atoms with E-state index in [1.165, 1.54) is 0 Å². The lowest BCUT2D eigenvalue weighted by Crippen LogP contribution is -2.37. The van der Waals surface area contributed by atoms with Gasteiger partial charge in [0, 0.05) is 12.2 Å². The van der Waals surface area contributed by atoms with Gasteiger partial charge in [-0.05, 0) is 61.0 Å². The fourth-order valence-corrected chi connectivity index (χ4v) is 2.65. The van der Waals surface area contributed by atoms with E-state index < -0.39 is 0 Å². The van der Waals surface area contributed by atoms with Crippen LogP contribution in [0.2, 0.25) is 0 Å². The SMILES string of the molecule is COc1ccc(CNC(=O)C(C)Nc2ccc(Oc3ccccc3)cc2)cc1. The highest BCUT2D eigenvalue weighted by Gasteiger charge is 2.12. The van der Waals surface area contributed by atoms with Crippen molar-refractivity contribution in [1.82, 2.24) is 5.32 Å². The second-order valence-corrected chi connectivity index (χ2v) is 6.37. The highest BCUT2D eigenvalue weighted by atomic mass is 16.5. The zero-order valence-electron chi connectivity index (χ0n) is 16.0. The summed E-state index contributed by atoms with van der Waals surface area (Å²) in [5, 5.41) is 6.13. The normalized spacial score (nSPS) is 11.4. The number of ether oxygens (including phenoxy) is 2. The summed E-state index contributed by atoms with van der Waals surface area (Å²) in [4.78, 5) is 12.3. The number of benzene rings is 3. The van der Waals surface area contributed by atoms with Crippen LogP contribution >= 0.6 is 0 Å². The van der Waals surface area contributed by atoms with E-state index in [0.717, 1.165) is 28.5 Å². The lowest BCUT2D eigenvalue weighted by atomic mass is 10.2. The fourth-order valence-electron chi connectivity index (χ4n) is 2.65. The Bertz CT molecular complexity index is 878. The van der Waals surface area contributed by atoms with Crippen LogP contribution in [0.25, 0.3) is 0 Å². The van der Waals surface area contributed by atoms with Crippen molar-refractivity contribution in [2.75, 3.05) is 12.4 Å². The summed E-state index contributed by atoms with van der Waals surface area (Å²) in [6, 6.07) is 24.4. The van der Waals surface area contributed by atoms with Crippen molar-refractivity contribution in [2.45, 2.75) is 19.5 Å². The molecule has 3 aromatic rings. The Morgan fingerprint density at radius 1 is 0.857 bits per heavy atom. The number of nitrogens with one attached hydrogen (secondary N) is 2. The Morgan fingerprint density at radius 3 is 2.11 bits per heavy atom. The molecule has 5 nitrogen and oxygen atoms in total. The Morgan fingerprint density at radius 2 is 1.46 bits per heavy atom. The van der Waals surface area contributed by atoms with Crippen LogP contribution in [0.3, 0.4) is 0 Å². The molecule has 28 heavy (non-hydrogen) atoms. The van der Waals surface area contributed by atoms with Gasteiger partial charge < -0.3 is 20.1 Å². The van der Waals surface area contributed by atoms with Crippen LogP contribution in [0.15, 0.2) is 78.9 Å². The minimum atomic E-state index is -0.362. The molecule has 0 saturated heterocycles. The van der Waals surface area contributed by atoms with E-state index in [4.69, 9.17) is 9.47 Å². The molecule has 0 aliphatic rings. The zero-order chi connectivity index (χ0) is 19.8. The van der Waals surface area contributed by atoms with Gasteiger partial charge in [-0.2, -0.15) is 0 Å². The molecule has 0 fully saturated rings. The molecular formula is C23H24N2O3. The standard InChI is InChI=1S/C23H24N2O3/c1-17(23(26)24-16-18-8-12-20(27-2)13-9-18)25-19-10-14-22(15-11-19)28-21-6-4-3-5-7-21/h3-15,17,25H,16H2,1-2H3,(H,24,26). The summed E-state index contributed by atoms with van der Waals surface area (Å²) in [6.07, 6.45) is 0. The highest BCUT2D eigenvalue weighted by molar-refractivity contribution is 5.84. The number of methoxy groups -OCH3 is 1. The molecule has 0 aliphatic heterocycles. The summed E-state index contributed by atoms with van der Waals surface area (Å²) in [5.74, 6) is 2.26. The van der Waals surface area contributed by atoms with Gasteiger partial charge in [0.25, 0.3) is 0 Å². The smallest absolute Gasteiger partial charge is 0.242 e. The summed E-state index contributed by atoms with van der Waals surface area (Å²) >= 11 is 0. The number of para-hydroxylation sites is 1. The van der Waals surface area contributed by atoms with Crippen molar-refractivity contribution in [3.63, 3.8) is 0 Å². The average molecular weight is 376 g/mol. The molecule has 0 heterocycles. The molecule has 0 aromatic heterocycles. The van der Waals surface area contributed by atoms with Crippen molar-refractivity contribution < 1.29 is 14.3 Å². The van der Waals surface area contributed by atoms with Gasteiger partial charge in [0.05, 0.1) is 7.11 Å². The minimum absolute atomic E-state index is 0.0690. The van der Waals surface area contributed by atoms with Crippen molar-refractivity contribution in [2.24, 2.45) is 0 Å². The van der Waals surface area contributed by atoms with Gasteiger partial charge in [-0.15, -0.1) is 0 Å². The second kappa shape index (κ2) is 9.46. The molecule has 3 rings (SSSR count). The number of amides is 1. The Balaban J connectivity index is 1.49. The van der Waals surface area contributed by atoms with E-state index in [-0.39, 0.29) is 11.9 Å². The highest BCUT2D eigenvalue weighted by Crippen LogP contribution is 2.22. The van der Waals surface area contributed by atoms with E-state index in [1.807, 2.05) is 85.8 Å². The first kappa shape index (κ1) is 19.3. The number of carbonyl (C=O) groups is 1. The van der Waals surface area contributed by atoms with Crippen LogP contribution in [0.5, 0.6) is 17.2 Å². The molecule has 3 aromatic carbocycles. The molecule has 1 atom stereocenters. The maximum atomic E-state index is 12.3. The van der Waals surface area contributed by atoms with Gasteiger partial charge in [-0.1, -0.05) is 30.3 Å². The molecule has 144 valence electrons. The van der Waals surface area contributed by atoms with E-state index >= 15 is 0 Å². The topological polar surface area (TPSA) is 59.6 Å². The van der Waals surface area contributed by atoms with Crippen LogP contribution in [0.4, 0.5) is 5.69 Å². The predicted octanol–water partition coefficient (Wildman–Crippen LogP) is 4.60. The number of anilines is 1. The molecular weight excluding hydrogens is 352 g/mol. The average Bonchev–Trinajstić information content (AvgIpc) is 2.74. The number of carbonyl (C=O) groups excluding carboxylic acids is 1. The molecule has 1 unspecified atom stereocenters. The molecule has 0 aliphatic carbocycles. The second-order valence-electron chi connectivity index (χ2n) is 6.37. The first-order valence-corrected chi connectivity index (χ1v) is 9.14. The largest absolute Gasteiger partial charge is 0.497 e. The van der Waals surface area contributed by atoms with Gasteiger partial charge in [-0.25, -0.2) is 0 Å². The lowest BCUT2D eigenvalue weighted by molar-refractivity contribution is -0.121. The number of hydrogen-bond acceptors (Lipinski definition) is 4. The summed E-state index contributed by atoms with van der Waals surface area (Å²) in [5.41, 5.74) is 1.87. The van der Waals surface area contributed by atoms with Gasteiger partial charge >= 0.3 is 0 Å². The third kappa shape index (κ3) is 5.51. The van der Waals surface area contributed by atoms with Crippen molar-refractivity contribution in [3.05, 3.63) is 84.4 Å². The minimum Gasteiger partial charge on any atom is -0.497 e. The van der Waals surface area contributed by atoms with Crippen LogP contribution in [0.1, 0.15) is 12.5 Å². The number of rotatable bonds is 8. The molecule has 5 heteroatoms. The van der Waals surface area contributed by atoms with E-state index in [2.05, 4.69) is 10.6 Å². The van der Waals surface area contributed by atoms with Crippen LogP contribution in [-0.2, 0) is 11.3 Å². The van der Waals surface area contributed by atoms with Gasteiger partial charge in [0.2, 0.25) is 5.91 Å². The van der Waals surface area contributed by atoms with E-state index in [1.54, 1.807) is 7.11 Å². The quantitative estimate of drug-likeness (QED) is 0.603. The Labute approximate surface area is 165 Å². The van der Waals surface area contributed by atoms with Crippen LogP contribution in [-0.4, -0.2) is 19.1 Å². The molecule has 0 spiro atoms. The van der Waals surface area contributed by atoms with Crippen molar-refractivity contribution in [1.29, 1.82) is 0 Å². The number of hydrogen-bond donors (Lipinski definition) is 2. The van der Waals surface area contributed by atoms with Crippen LogP contribution in [0, 0.1) is 0 Å². The molecule has 0 saturated carbocycles. The van der Waals surface area contributed by atoms with Gasteiger partial charge in [0.1, 0.15) is 23.3 Å². The third-order valence-corrected chi connectivity index (χ3v) is 4.24. The third-order valence-electron chi connectivity index (χ3n) is 4.24. The fraction of sp³-hybridized carbons (Fsp3) is 0.174. The molecule has 0 bridgehead atoms. The van der Waals surface area contributed by atoms with E-state index in [9.17, 15) is 4.79 Å². The monoisotopic (exact) mass is 376 g/mol. The van der Waals surface area contributed by atoms with Crippen LogP contribution < -0.4 is 20.1 Å². The van der Waals surface area contributed by atoms with Gasteiger partial charge in [-0.3, -0.25) is 4.79 Å². The van der Waals surface area contributed by atoms with Crippen molar-refractivity contribution >= 4 is 11.6 Å². The zero-order valence-corrected chi connectivity index (χ0v) is 16.0.